The lowest BCUT2D eigenvalue weighted by Gasteiger charge is -2.32. The number of nitrogens with zero attached hydrogens (tertiary/aromatic N) is 2. The Bertz CT molecular complexity index is 635. The standard InChI is InChI=1S/C16H19N3O2/c1-2-4-14-13(3-1)15(19-11-18-14)21-12-9-16(20-10-12)5-7-17-8-6-16/h1-4,11-12,17H,5-10H2. The molecule has 1 unspecified atom stereocenters. The average molecular weight is 285 g/mol. The number of benzene rings is 1. The first-order chi connectivity index (χ1) is 10.3. The van der Waals surface area contributed by atoms with Gasteiger partial charge in [-0.2, -0.15) is 0 Å². The van der Waals surface area contributed by atoms with E-state index >= 15 is 0 Å². The topological polar surface area (TPSA) is 56.3 Å². The molecule has 0 saturated carbocycles. The van der Waals surface area contributed by atoms with E-state index < -0.39 is 0 Å². The summed E-state index contributed by atoms with van der Waals surface area (Å²) in [7, 11) is 0. The van der Waals surface area contributed by atoms with Crippen molar-refractivity contribution in [2.45, 2.75) is 31.0 Å². The van der Waals surface area contributed by atoms with Gasteiger partial charge in [-0.15, -0.1) is 0 Å². The van der Waals surface area contributed by atoms with Crippen LogP contribution in [0.15, 0.2) is 30.6 Å². The Balaban J connectivity index is 1.53. The Morgan fingerprint density at radius 1 is 1.19 bits per heavy atom. The van der Waals surface area contributed by atoms with Crippen LogP contribution in [0.3, 0.4) is 0 Å². The van der Waals surface area contributed by atoms with Gasteiger partial charge in [0.1, 0.15) is 12.4 Å². The van der Waals surface area contributed by atoms with E-state index in [1.165, 1.54) is 0 Å². The van der Waals surface area contributed by atoms with Gasteiger partial charge in [0.2, 0.25) is 5.88 Å². The summed E-state index contributed by atoms with van der Waals surface area (Å²) < 4.78 is 12.2. The fourth-order valence-corrected chi connectivity index (χ4v) is 3.34. The van der Waals surface area contributed by atoms with Gasteiger partial charge in [0, 0.05) is 6.42 Å². The van der Waals surface area contributed by atoms with Crippen LogP contribution < -0.4 is 10.1 Å². The third-order valence-corrected chi connectivity index (χ3v) is 4.47. The summed E-state index contributed by atoms with van der Waals surface area (Å²) in [5.41, 5.74) is 0.927. The fraction of sp³-hybridized carbons (Fsp3) is 0.500. The van der Waals surface area contributed by atoms with Crippen molar-refractivity contribution in [1.82, 2.24) is 15.3 Å². The molecule has 2 fully saturated rings. The van der Waals surface area contributed by atoms with Crippen molar-refractivity contribution in [2.75, 3.05) is 19.7 Å². The molecule has 1 aromatic carbocycles. The lowest BCUT2D eigenvalue weighted by Crippen LogP contribution is -2.41. The normalized spacial score (nSPS) is 24.5. The average Bonchev–Trinajstić information content (AvgIpc) is 2.91. The lowest BCUT2D eigenvalue weighted by molar-refractivity contribution is -0.0205. The molecule has 2 aliphatic heterocycles. The van der Waals surface area contributed by atoms with Gasteiger partial charge < -0.3 is 14.8 Å². The van der Waals surface area contributed by atoms with Gasteiger partial charge in [0.25, 0.3) is 0 Å². The molecule has 0 bridgehead atoms. The summed E-state index contributed by atoms with van der Waals surface area (Å²) in [6.07, 6.45) is 4.73. The Morgan fingerprint density at radius 2 is 2.05 bits per heavy atom. The second-order valence-corrected chi connectivity index (χ2v) is 5.88. The summed E-state index contributed by atoms with van der Waals surface area (Å²) in [6, 6.07) is 7.93. The second kappa shape index (κ2) is 5.24. The van der Waals surface area contributed by atoms with Crippen LogP contribution in [-0.4, -0.2) is 41.4 Å². The van der Waals surface area contributed by atoms with Gasteiger partial charge in [-0.1, -0.05) is 12.1 Å². The SMILES string of the molecule is c1ccc2c(OC3COC4(CCNCC4)C3)ncnc2c1. The first-order valence-electron chi connectivity index (χ1n) is 7.56. The molecule has 21 heavy (non-hydrogen) atoms. The largest absolute Gasteiger partial charge is 0.471 e. The van der Waals surface area contributed by atoms with Gasteiger partial charge in [-0.3, -0.25) is 0 Å². The van der Waals surface area contributed by atoms with E-state index in [0.717, 1.165) is 43.3 Å². The van der Waals surface area contributed by atoms with Crippen molar-refractivity contribution in [1.29, 1.82) is 0 Å². The zero-order valence-electron chi connectivity index (χ0n) is 11.9. The smallest absolute Gasteiger partial charge is 0.224 e. The highest BCUT2D eigenvalue weighted by molar-refractivity contribution is 5.82. The van der Waals surface area contributed by atoms with Crippen molar-refractivity contribution >= 4 is 10.9 Å². The highest BCUT2D eigenvalue weighted by atomic mass is 16.6. The number of hydrogen-bond acceptors (Lipinski definition) is 5. The van der Waals surface area contributed by atoms with Crippen LogP contribution in [0.4, 0.5) is 0 Å². The maximum absolute atomic E-state index is 6.12. The third-order valence-electron chi connectivity index (χ3n) is 4.47. The van der Waals surface area contributed by atoms with E-state index in [4.69, 9.17) is 9.47 Å². The Kier molecular flexibility index (Phi) is 3.24. The van der Waals surface area contributed by atoms with Crippen molar-refractivity contribution < 1.29 is 9.47 Å². The molecule has 3 heterocycles. The minimum Gasteiger partial charge on any atom is -0.471 e. The van der Waals surface area contributed by atoms with Crippen LogP contribution in [-0.2, 0) is 4.74 Å². The maximum Gasteiger partial charge on any atom is 0.224 e. The second-order valence-electron chi connectivity index (χ2n) is 5.88. The molecular formula is C16H19N3O2. The minimum absolute atomic E-state index is 0.0126. The van der Waals surface area contributed by atoms with Gasteiger partial charge in [0.05, 0.1) is 23.1 Å². The number of rotatable bonds is 2. The van der Waals surface area contributed by atoms with Crippen LogP contribution >= 0.6 is 0 Å². The molecule has 1 aromatic heterocycles. The molecule has 1 N–H and O–H groups in total. The third kappa shape index (κ3) is 2.47. The molecule has 4 rings (SSSR count). The van der Waals surface area contributed by atoms with Gasteiger partial charge >= 0.3 is 0 Å². The Hall–Kier alpha value is -1.72. The van der Waals surface area contributed by atoms with Crippen molar-refractivity contribution in [3.05, 3.63) is 30.6 Å². The first-order valence-corrected chi connectivity index (χ1v) is 7.56. The number of fused-ring (bicyclic) bond motifs is 1. The van der Waals surface area contributed by atoms with Crippen molar-refractivity contribution in [3.8, 4) is 5.88 Å². The van der Waals surface area contributed by atoms with Crippen LogP contribution in [0.2, 0.25) is 0 Å². The number of piperidine rings is 1. The van der Waals surface area contributed by atoms with Crippen LogP contribution in [0.5, 0.6) is 5.88 Å². The van der Waals surface area contributed by atoms with Crippen molar-refractivity contribution in [3.63, 3.8) is 0 Å². The molecule has 2 saturated heterocycles. The molecule has 0 aliphatic carbocycles. The zero-order valence-corrected chi connectivity index (χ0v) is 11.9. The summed E-state index contributed by atoms with van der Waals surface area (Å²) in [4.78, 5) is 8.57. The number of para-hydroxylation sites is 1. The highest BCUT2D eigenvalue weighted by Crippen LogP contribution is 2.36. The lowest BCUT2D eigenvalue weighted by atomic mass is 9.89. The number of nitrogens with one attached hydrogen (secondary N) is 1. The van der Waals surface area contributed by atoms with E-state index in [2.05, 4.69) is 15.3 Å². The molecule has 110 valence electrons. The van der Waals surface area contributed by atoms with Gasteiger partial charge in [0.15, 0.2) is 0 Å². The summed E-state index contributed by atoms with van der Waals surface area (Å²) in [6.45, 7) is 2.71. The maximum atomic E-state index is 6.12. The quantitative estimate of drug-likeness (QED) is 0.913. The van der Waals surface area contributed by atoms with Crippen LogP contribution in [0.25, 0.3) is 10.9 Å². The predicted molar refractivity (Wildman–Crippen MR) is 79.4 cm³/mol. The van der Waals surface area contributed by atoms with Crippen LogP contribution in [0, 0.1) is 0 Å². The highest BCUT2D eigenvalue weighted by Gasteiger charge is 2.42. The fourth-order valence-electron chi connectivity index (χ4n) is 3.34. The van der Waals surface area contributed by atoms with E-state index in [-0.39, 0.29) is 11.7 Å². The molecule has 0 radical (unpaired) electrons. The summed E-state index contributed by atoms with van der Waals surface area (Å²) in [5, 5.41) is 4.35. The Morgan fingerprint density at radius 3 is 2.95 bits per heavy atom. The molecule has 5 heteroatoms. The van der Waals surface area contributed by atoms with Crippen molar-refractivity contribution in [2.24, 2.45) is 0 Å². The molecule has 1 spiro atoms. The van der Waals surface area contributed by atoms with Crippen LogP contribution in [0.1, 0.15) is 19.3 Å². The molecule has 1 atom stereocenters. The number of ether oxygens (including phenoxy) is 2. The van der Waals surface area contributed by atoms with Gasteiger partial charge in [-0.25, -0.2) is 9.97 Å². The Labute approximate surface area is 123 Å². The predicted octanol–water partition coefficient (Wildman–Crippen LogP) is 1.92. The molecule has 0 amide bonds. The van der Waals surface area contributed by atoms with E-state index in [0.29, 0.717) is 12.5 Å². The molecule has 2 aromatic rings. The summed E-state index contributed by atoms with van der Waals surface area (Å²) >= 11 is 0. The monoisotopic (exact) mass is 285 g/mol. The van der Waals surface area contributed by atoms with E-state index in [1.807, 2.05) is 24.3 Å². The number of aromatic nitrogens is 2. The van der Waals surface area contributed by atoms with E-state index in [1.54, 1.807) is 6.33 Å². The van der Waals surface area contributed by atoms with Gasteiger partial charge in [-0.05, 0) is 38.1 Å². The molecule has 5 nitrogen and oxygen atoms in total. The first kappa shape index (κ1) is 13.0. The molecule has 2 aliphatic rings. The van der Waals surface area contributed by atoms with E-state index in [9.17, 15) is 0 Å². The summed E-state index contributed by atoms with van der Waals surface area (Å²) in [5.74, 6) is 0.667. The molecular weight excluding hydrogens is 266 g/mol. The minimum atomic E-state index is 0.0126. The zero-order chi connectivity index (χ0) is 14.1. The number of hydrogen-bond donors (Lipinski definition) is 1.